The molecule has 4 N–H and O–H groups in total. The van der Waals surface area contributed by atoms with Crippen LogP contribution in [-0.2, 0) is 9.84 Å². The smallest absolute Gasteiger partial charge is 0.190 e. The second-order valence-electron chi connectivity index (χ2n) is 2.84. The molecule has 0 aliphatic rings. The summed E-state index contributed by atoms with van der Waals surface area (Å²) < 4.78 is 22.3. The zero-order chi connectivity index (χ0) is 10.8. The van der Waals surface area contributed by atoms with Crippen LogP contribution in [0.3, 0.4) is 0 Å². The predicted octanol–water partition coefficient (Wildman–Crippen LogP) is 0.395. The van der Waals surface area contributed by atoms with E-state index in [4.69, 9.17) is 11.1 Å². The maximum Gasteiger partial charge on any atom is 0.190 e. The normalized spacial score (nSPS) is 10.9. The second-order valence-corrected chi connectivity index (χ2v) is 4.85. The monoisotopic (exact) mass is 213 g/mol. The molecular weight excluding hydrogens is 202 g/mol. The van der Waals surface area contributed by atoms with Crippen LogP contribution in [0, 0.1) is 5.41 Å². The van der Waals surface area contributed by atoms with Crippen molar-refractivity contribution in [3.63, 3.8) is 0 Å². The van der Waals surface area contributed by atoms with Gasteiger partial charge in [-0.15, -0.1) is 0 Å². The average Bonchev–Trinajstić information content (AvgIpc) is 2.01. The van der Waals surface area contributed by atoms with Gasteiger partial charge in [0.15, 0.2) is 15.8 Å². The number of benzene rings is 1. The van der Waals surface area contributed by atoms with Gasteiger partial charge in [-0.3, -0.25) is 5.41 Å². The minimum absolute atomic E-state index is 0.198. The third-order valence-electron chi connectivity index (χ3n) is 1.54. The van der Waals surface area contributed by atoms with E-state index in [0.29, 0.717) is 5.69 Å². The maximum atomic E-state index is 11.2. The highest BCUT2D eigenvalue weighted by molar-refractivity contribution is 7.90. The largest absolute Gasteiger partial charge is 0.370 e. The third-order valence-corrected chi connectivity index (χ3v) is 2.65. The third kappa shape index (κ3) is 2.74. The molecule has 0 spiro atoms. The van der Waals surface area contributed by atoms with Crippen LogP contribution in [0.25, 0.3) is 0 Å². The Morgan fingerprint density at radius 1 is 1.50 bits per heavy atom. The van der Waals surface area contributed by atoms with Crippen molar-refractivity contribution in [2.75, 3.05) is 11.6 Å². The van der Waals surface area contributed by atoms with E-state index in [1.165, 1.54) is 12.1 Å². The summed E-state index contributed by atoms with van der Waals surface area (Å²) in [6.45, 7) is 0. The molecule has 0 amide bonds. The molecule has 6 heteroatoms. The van der Waals surface area contributed by atoms with Crippen LogP contribution >= 0.6 is 0 Å². The molecule has 0 unspecified atom stereocenters. The lowest BCUT2D eigenvalue weighted by atomic mass is 10.3. The molecule has 0 atom stereocenters. The van der Waals surface area contributed by atoms with Gasteiger partial charge in [0.05, 0.1) is 4.90 Å². The second kappa shape index (κ2) is 3.67. The van der Waals surface area contributed by atoms with E-state index in [-0.39, 0.29) is 10.9 Å². The highest BCUT2D eigenvalue weighted by atomic mass is 32.2. The summed E-state index contributed by atoms with van der Waals surface area (Å²) in [5, 5.41) is 9.49. The van der Waals surface area contributed by atoms with Crippen LogP contribution in [0.5, 0.6) is 0 Å². The van der Waals surface area contributed by atoms with E-state index in [2.05, 4.69) is 5.32 Å². The van der Waals surface area contributed by atoms with Crippen molar-refractivity contribution >= 4 is 21.5 Å². The topological polar surface area (TPSA) is 96.0 Å². The number of rotatable bonds is 2. The maximum absolute atomic E-state index is 11.2. The van der Waals surface area contributed by atoms with Gasteiger partial charge in [0, 0.05) is 11.9 Å². The molecule has 1 aromatic rings. The van der Waals surface area contributed by atoms with E-state index in [1.54, 1.807) is 12.1 Å². The standard InChI is InChI=1S/C8H11N3O2S/c1-14(12,13)7-4-2-3-6(5-7)11-8(9)10/h2-5H,1H3,(H4,9,10,11). The Morgan fingerprint density at radius 2 is 2.14 bits per heavy atom. The van der Waals surface area contributed by atoms with Crippen LogP contribution in [-0.4, -0.2) is 20.6 Å². The molecule has 0 radical (unpaired) electrons. The summed E-state index contributed by atoms with van der Waals surface area (Å²) in [5.41, 5.74) is 5.59. The molecule has 0 aliphatic carbocycles. The molecule has 0 bridgehead atoms. The Balaban J connectivity index is 3.08. The van der Waals surface area contributed by atoms with Crippen LogP contribution in [0.1, 0.15) is 0 Å². The van der Waals surface area contributed by atoms with E-state index >= 15 is 0 Å². The van der Waals surface area contributed by atoms with Crippen molar-refractivity contribution in [2.45, 2.75) is 4.90 Å². The quantitative estimate of drug-likeness (QED) is 0.489. The molecule has 0 aromatic heterocycles. The van der Waals surface area contributed by atoms with Crippen molar-refractivity contribution in [3.8, 4) is 0 Å². The Labute approximate surface area is 82.4 Å². The van der Waals surface area contributed by atoms with Gasteiger partial charge in [0.1, 0.15) is 0 Å². The molecule has 1 rings (SSSR count). The van der Waals surface area contributed by atoms with Gasteiger partial charge in [-0.05, 0) is 18.2 Å². The SMILES string of the molecule is CS(=O)(=O)c1cccc(NC(=N)N)c1. The summed E-state index contributed by atoms with van der Waals surface area (Å²) in [4.78, 5) is 0.198. The Morgan fingerprint density at radius 3 is 2.64 bits per heavy atom. The van der Waals surface area contributed by atoms with Gasteiger partial charge in [0.2, 0.25) is 0 Å². The fourth-order valence-electron chi connectivity index (χ4n) is 0.960. The predicted molar refractivity (Wildman–Crippen MR) is 55.1 cm³/mol. The average molecular weight is 213 g/mol. The summed E-state index contributed by atoms with van der Waals surface area (Å²) >= 11 is 0. The summed E-state index contributed by atoms with van der Waals surface area (Å²) in [6.07, 6.45) is 1.12. The van der Waals surface area contributed by atoms with Gasteiger partial charge in [-0.2, -0.15) is 0 Å². The van der Waals surface area contributed by atoms with Crippen molar-refractivity contribution in [1.82, 2.24) is 0 Å². The molecule has 0 aliphatic heterocycles. The first-order valence-electron chi connectivity index (χ1n) is 3.81. The lowest BCUT2D eigenvalue weighted by molar-refractivity contribution is 0.602. The lowest BCUT2D eigenvalue weighted by Crippen LogP contribution is -2.20. The van der Waals surface area contributed by atoms with E-state index in [9.17, 15) is 8.42 Å². The number of hydrogen-bond acceptors (Lipinski definition) is 3. The number of hydrogen-bond donors (Lipinski definition) is 3. The van der Waals surface area contributed by atoms with Gasteiger partial charge >= 0.3 is 0 Å². The van der Waals surface area contributed by atoms with Crippen molar-refractivity contribution in [3.05, 3.63) is 24.3 Å². The van der Waals surface area contributed by atoms with Gasteiger partial charge in [-0.25, -0.2) is 8.42 Å². The number of sulfone groups is 1. The minimum Gasteiger partial charge on any atom is -0.370 e. The summed E-state index contributed by atoms with van der Waals surface area (Å²) in [5.74, 6) is -0.226. The van der Waals surface area contributed by atoms with E-state index in [1.807, 2.05) is 0 Å². The number of nitrogens with two attached hydrogens (primary N) is 1. The lowest BCUT2D eigenvalue weighted by Gasteiger charge is -2.04. The first kappa shape index (κ1) is 10.5. The summed E-state index contributed by atoms with van der Waals surface area (Å²) in [6, 6.07) is 6.13. The number of anilines is 1. The number of guanidine groups is 1. The highest BCUT2D eigenvalue weighted by Gasteiger charge is 2.06. The van der Waals surface area contributed by atoms with E-state index in [0.717, 1.165) is 6.26 Å². The van der Waals surface area contributed by atoms with Crippen LogP contribution < -0.4 is 11.1 Å². The molecule has 0 saturated carbocycles. The first-order valence-corrected chi connectivity index (χ1v) is 5.70. The molecule has 5 nitrogen and oxygen atoms in total. The molecular formula is C8H11N3O2S. The highest BCUT2D eigenvalue weighted by Crippen LogP contribution is 2.14. The van der Waals surface area contributed by atoms with Gasteiger partial charge in [0.25, 0.3) is 0 Å². The number of nitrogens with one attached hydrogen (secondary N) is 2. The fraction of sp³-hybridized carbons (Fsp3) is 0.125. The molecule has 0 fully saturated rings. The Hall–Kier alpha value is -1.56. The Kier molecular flexibility index (Phi) is 2.76. The molecule has 0 saturated heterocycles. The zero-order valence-corrected chi connectivity index (χ0v) is 8.43. The van der Waals surface area contributed by atoms with Gasteiger partial charge in [-0.1, -0.05) is 6.07 Å². The first-order chi connectivity index (χ1) is 6.39. The molecule has 1 aromatic carbocycles. The van der Waals surface area contributed by atoms with Crippen LogP contribution in [0.2, 0.25) is 0 Å². The molecule has 76 valence electrons. The van der Waals surface area contributed by atoms with Crippen molar-refractivity contribution < 1.29 is 8.42 Å². The summed E-state index contributed by atoms with van der Waals surface area (Å²) in [7, 11) is -3.21. The van der Waals surface area contributed by atoms with Crippen LogP contribution in [0.15, 0.2) is 29.2 Å². The van der Waals surface area contributed by atoms with Crippen LogP contribution in [0.4, 0.5) is 5.69 Å². The Bertz CT molecular complexity index is 453. The molecule has 0 heterocycles. The fourth-order valence-corrected chi connectivity index (χ4v) is 1.63. The van der Waals surface area contributed by atoms with E-state index < -0.39 is 9.84 Å². The van der Waals surface area contributed by atoms with Crippen molar-refractivity contribution in [1.29, 1.82) is 5.41 Å². The van der Waals surface area contributed by atoms with Crippen molar-refractivity contribution in [2.24, 2.45) is 5.73 Å². The molecule has 14 heavy (non-hydrogen) atoms. The zero-order valence-electron chi connectivity index (χ0n) is 7.61. The van der Waals surface area contributed by atoms with Gasteiger partial charge < -0.3 is 11.1 Å². The minimum atomic E-state index is -3.21.